The predicted molar refractivity (Wildman–Crippen MR) is 73.0 cm³/mol. The molecule has 88 valence electrons. The van der Waals surface area contributed by atoms with Crippen molar-refractivity contribution in [3.8, 4) is 0 Å². The second kappa shape index (κ2) is 5.01. The van der Waals surface area contributed by atoms with Crippen molar-refractivity contribution in [2.24, 2.45) is 7.05 Å². The number of hydrogen-bond acceptors (Lipinski definition) is 2. The van der Waals surface area contributed by atoms with Crippen LogP contribution in [0.1, 0.15) is 10.4 Å². The van der Waals surface area contributed by atoms with Crippen molar-refractivity contribution in [3.05, 3.63) is 45.0 Å². The molecule has 0 saturated carbocycles. The van der Waals surface area contributed by atoms with E-state index in [9.17, 15) is 4.79 Å². The Balaban J connectivity index is 2.19. The van der Waals surface area contributed by atoms with Gasteiger partial charge in [-0.25, -0.2) is 0 Å². The highest BCUT2D eigenvalue weighted by molar-refractivity contribution is 9.11. The molecule has 2 rings (SSSR count). The van der Waals surface area contributed by atoms with Crippen molar-refractivity contribution in [2.75, 3.05) is 5.32 Å². The SMILES string of the molecule is Cn1ccc(NC(=O)c2cc(Br)cc(Br)c2)n1. The molecule has 1 amide bonds. The maximum atomic E-state index is 11.9. The Morgan fingerprint density at radius 1 is 1.29 bits per heavy atom. The lowest BCUT2D eigenvalue weighted by molar-refractivity contribution is 0.102. The number of rotatable bonds is 2. The van der Waals surface area contributed by atoms with Gasteiger partial charge in [0.15, 0.2) is 5.82 Å². The molecule has 0 fully saturated rings. The summed E-state index contributed by atoms with van der Waals surface area (Å²) in [5.41, 5.74) is 0.567. The Bertz CT molecular complexity index is 545. The summed E-state index contributed by atoms with van der Waals surface area (Å²) in [6.45, 7) is 0. The van der Waals surface area contributed by atoms with Gasteiger partial charge in [0.05, 0.1) is 0 Å². The lowest BCUT2D eigenvalue weighted by Crippen LogP contribution is -2.12. The molecule has 0 atom stereocenters. The van der Waals surface area contributed by atoms with Crippen LogP contribution in [0.4, 0.5) is 5.82 Å². The molecule has 0 aliphatic carbocycles. The minimum absolute atomic E-state index is 0.189. The highest BCUT2D eigenvalue weighted by Crippen LogP contribution is 2.20. The molecule has 2 aromatic rings. The number of nitrogens with zero attached hydrogens (tertiary/aromatic N) is 2. The first-order valence-corrected chi connectivity index (χ1v) is 6.40. The first-order valence-electron chi connectivity index (χ1n) is 4.82. The van der Waals surface area contributed by atoms with Crippen LogP contribution in [0.25, 0.3) is 0 Å². The van der Waals surface area contributed by atoms with Gasteiger partial charge >= 0.3 is 0 Å². The van der Waals surface area contributed by atoms with E-state index in [2.05, 4.69) is 42.3 Å². The lowest BCUT2D eigenvalue weighted by atomic mass is 10.2. The summed E-state index contributed by atoms with van der Waals surface area (Å²) in [5, 5.41) is 6.80. The topological polar surface area (TPSA) is 46.9 Å². The predicted octanol–water partition coefficient (Wildman–Crippen LogP) is 3.20. The van der Waals surface area contributed by atoms with E-state index < -0.39 is 0 Å². The number of nitrogens with one attached hydrogen (secondary N) is 1. The van der Waals surface area contributed by atoms with Crippen molar-refractivity contribution >= 4 is 43.6 Å². The fourth-order valence-electron chi connectivity index (χ4n) is 1.36. The van der Waals surface area contributed by atoms with E-state index in [1.807, 2.05) is 6.07 Å². The van der Waals surface area contributed by atoms with Crippen molar-refractivity contribution in [3.63, 3.8) is 0 Å². The average molecular weight is 359 g/mol. The van der Waals surface area contributed by atoms with Gasteiger partial charge in [-0.2, -0.15) is 5.10 Å². The number of halogens is 2. The third-order valence-electron chi connectivity index (χ3n) is 2.08. The Kier molecular flexibility index (Phi) is 3.63. The molecule has 1 aromatic heterocycles. The van der Waals surface area contributed by atoms with E-state index in [0.717, 1.165) is 8.95 Å². The van der Waals surface area contributed by atoms with E-state index in [1.165, 1.54) is 0 Å². The number of carbonyl (C=O) groups excluding carboxylic acids is 1. The van der Waals surface area contributed by atoms with Crippen molar-refractivity contribution in [1.29, 1.82) is 0 Å². The lowest BCUT2D eigenvalue weighted by Gasteiger charge is -2.03. The van der Waals surface area contributed by atoms with Crippen LogP contribution in [0.3, 0.4) is 0 Å². The van der Waals surface area contributed by atoms with Crippen molar-refractivity contribution < 1.29 is 4.79 Å². The molecule has 0 saturated heterocycles. The molecule has 0 aliphatic heterocycles. The third kappa shape index (κ3) is 3.17. The van der Waals surface area contributed by atoms with Crippen molar-refractivity contribution in [2.45, 2.75) is 0 Å². The monoisotopic (exact) mass is 357 g/mol. The Hall–Kier alpha value is -1.14. The number of hydrogen-bond donors (Lipinski definition) is 1. The summed E-state index contributed by atoms with van der Waals surface area (Å²) < 4.78 is 3.32. The Morgan fingerprint density at radius 2 is 1.94 bits per heavy atom. The fraction of sp³-hybridized carbons (Fsp3) is 0.0909. The number of aromatic nitrogens is 2. The number of carbonyl (C=O) groups is 1. The highest BCUT2D eigenvalue weighted by Gasteiger charge is 2.09. The van der Waals surface area contributed by atoms with E-state index >= 15 is 0 Å². The Morgan fingerprint density at radius 3 is 2.47 bits per heavy atom. The summed E-state index contributed by atoms with van der Waals surface area (Å²) in [6.07, 6.45) is 1.77. The summed E-state index contributed by atoms with van der Waals surface area (Å²) in [6, 6.07) is 7.12. The van der Waals surface area contributed by atoms with Crippen LogP contribution >= 0.6 is 31.9 Å². The van der Waals surface area contributed by atoms with Crippen LogP contribution in [0, 0.1) is 0 Å². The number of amides is 1. The quantitative estimate of drug-likeness (QED) is 0.896. The molecule has 1 heterocycles. The second-order valence-corrected chi connectivity index (χ2v) is 5.32. The van der Waals surface area contributed by atoms with Gasteiger partial charge in [0.2, 0.25) is 0 Å². The minimum Gasteiger partial charge on any atom is -0.305 e. The molecule has 17 heavy (non-hydrogen) atoms. The van der Waals surface area contributed by atoms with Gasteiger partial charge in [-0.3, -0.25) is 9.48 Å². The first kappa shape index (κ1) is 12.3. The van der Waals surface area contributed by atoms with E-state index in [1.54, 1.807) is 36.1 Å². The zero-order chi connectivity index (χ0) is 12.4. The average Bonchev–Trinajstić information content (AvgIpc) is 2.62. The molecule has 1 N–H and O–H groups in total. The van der Waals surface area contributed by atoms with Crippen LogP contribution in [-0.2, 0) is 7.05 Å². The van der Waals surface area contributed by atoms with Crippen LogP contribution in [0.15, 0.2) is 39.4 Å². The molecule has 0 unspecified atom stereocenters. The third-order valence-corrected chi connectivity index (χ3v) is 3.00. The zero-order valence-corrected chi connectivity index (χ0v) is 12.1. The molecule has 0 spiro atoms. The normalized spacial score (nSPS) is 10.3. The summed E-state index contributed by atoms with van der Waals surface area (Å²) in [4.78, 5) is 11.9. The molecule has 4 nitrogen and oxygen atoms in total. The van der Waals surface area contributed by atoms with Crippen LogP contribution in [0.5, 0.6) is 0 Å². The van der Waals surface area contributed by atoms with Gasteiger partial charge in [-0.1, -0.05) is 31.9 Å². The standard InChI is InChI=1S/C11H9Br2N3O/c1-16-3-2-10(15-16)14-11(17)7-4-8(12)6-9(13)5-7/h2-6H,1H3,(H,14,15,17). The molecule has 6 heteroatoms. The number of benzene rings is 1. The van der Waals surface area contributed by atoms with Gasteiger partial charge in [-0.15, -0.1) is 0 Å². The fourth-order valence-corrected chi connectivity index (χ4v) is 2.65. The van der Waals surface area contributed by atoms with Gasteiger partial charge in [0, 0.05) is 33.8 Å². The molecule has 0 aliphatic rings. The van der Waals surface area contributed by atoms with E-state index in [-0.39, 0.29) is 5.91 Å². The largest absolute Gasteiger partial charge is 0.305 e. The first-order chi connectivity index (χ1) is 8.04. The maximum Gasteiger partial charge on any atom is 0.256 e. The van der Waals surface area contributed by atoms with Gasteiger partial charge in [-0.05, 0) is 18.2 Å². The van der Waals surface area contributed by atoms with E-state index in [4.69, 9.17) is 0 Å². The van der Waals surface area contributed by atoms with Crippen LogP contribution < -0.4 is 5.32 Å². The van der Waals surface area contributed by atoms with Gasteiger partial charge in [0.25, 0.3) is 5.91 Å². The smallest absolute Gasteiger partial charge is 0.256 e. The minimum atomic E-state index is -0.189. The maximum absolute atomic E-state index is 11.9. The van der Waals surface area contributed by atoms with Gasteiger partial charge < -0.3 is 5.32 Å². The van der Waals surface area contributed by atoms with Crippen LogP contribution in [-0.4, -0.2) is 15.7 Å². The summed E-state index contributed by atoms with van der Waals surface area (Å²) in [5.74, 6) is 0.347. The molecule has 0 bridgehead atoms. The number of aryl methyl sites for hydroxylation is 1. The Labute approximate surface area is 115 Å². The van der Waals surface area contributed by atoms with Crippen molar-refractivity contribution in [1.82, 2.24) is 9.78 Å². The summed E-state index contributed by atoms with van der Waals surface area (Å²) in [7, 11) is 1.80. The van der Waals surface area contributed by atoms with Gasteiger partial charge in [0.1, 0.15) is 0 Å². The molecular formula is C11H9Br2N3O. The molecule has 1 aromatic carbocycles. The number of anilines is 1. The zero-order valence-electron chi connectivity index (χ0n) is 8.95. The molecule has 0 radical (unpaired) electrons. The molecular weight excluding hydrogens is 350 g/mol. The highest BCUT2D eigenvalue weighted by atomic mass is 79.9. The van der Waals surface area contributed by atoms with Crippen LogP contribution in [0.2, 0.25) is 0 Å². The summed E-state index contributed by atoms with van der Waals surface area (Å²) >= 11 is 6.68. The second-order valence-electron chi connectivity index (χ2n) is 3.49. The van der Waals surface area contributed by atoms with E-state index in [0.29, 0.717) is 11.4 Å².